The summed E-state index contributed by atoms with van der Waals surface area (Å²) in [6, 6.07) is 11.9. The summed E-state index contributed by atoms with van der Waals surface area (Å²) < 4.78 is 82.3. The highest BCUT2D eigenvalue weighted by Gasteiger charge is 2.36. The maximum Gasteiger partial charge on any atom is 0.416 e. The molecule has 0 saturated heterocycles. The van der Waals surface area contributed by atoms with E-state index in [1.54, 1.807) is 37.3 Å². The van der Waals surface area contributed by atoms with Gasteiger partial charge >= 0.3 is 6.18 Å². The second-order valence-electron chi connectivity index (χ2n) is 8.44. The van der Waals surface area contributed by atoms with Crippen LogP contribution in [0.25, 0.3) is 22.1 Å². The van der Waals surface area contributed by atoms with E-state index in [0.29, 0.717) is 22.8 Å². The van der Waals surface area contributed by atoms with Crippen LogP contribution in [-0.2, 0) is 22.6 Å². The Bertz CT molecular complexity index is 1530. The first-order valence-corrected chi connectivity index (χ1v) is 12.7. The van der Waals surface area contributed by atoms with Gasteiger partial charge in [-0.2, -0.15) is 13.2 Å². The lowest BCUT2D eigenvalue weighted by Crippen LogP contribution is -2.41. The third kappa shape index (κ3) is 5.44. The molecule has 1 aliphatic rings. The number of alkyl halides is 3. The number of benzene rings is 3. The molecule has 0 aliphatic carbocycles. The minimum atomic E-state index is -4.73. The average molecular weight is 551 g/mol. The van der Waals surface area contributed by atoms with Crippen LogP contribution in [0.1, 0.15) is 29.2 Å². The second-order valence-corrected chi connectivity index (χ2v) is 10.7. The van der Waals surface area contributed by atoms with Crippen molar-refractivity contribution in [2.75, 3.05) is 10.8 Å². The Kier molecular flexibility index (Phi) is 7.23. The molecule has 12 heteroatoms. The van der Waals surface area contributed by atoms with Crippen LogP contribution in [0.4, 0.5) is 23.2 Å². The number of sulfonamides is 1. The highest BCUT2D eigenvalue weighted by molar-refractivity contribution is 7.92. The van der Waals surface area contributed by atoms with Crippen LogP contribution in [0.5, 0.6) is 0 Å². The number of hydrogen-bond acceptors (Lipinski definition) is 3. The molecule has 6 nitrogen and oxygen atoms in total. The molecular formula is C25H19ClF4N4O2S. The third-order valence-electron chi connectivity index (χ3n) is 5.91. The Morgan fingerprint density at radius 1 is 1.16 bits per heavy atom. The largest absolute Gasteiger partial charge is 0.416 e. The summed E-state index contributed by atoms with van der Waals surface area (Å²) in [6.07, 6.45) is -2.88. The molecule has 192 valence electrons. The molecule has 1 unspecified atom stereocenters. The van der Waals surface area contributed by atoms with E-state index in [-0.39, 0.29) is 29.2 Å². The Morgan fingerprint density at radius 2 is 1.89 bits per heavy atom. The van der Waals surface area contributed by atoms with Gasteiger partial charge in [-0.15, -0.1) is 0 Å². The average Bonchev–Trinajstić information content (AvgIpc) is 2.83. The van der Waals surface area contributed by atoms with Crippen molar-refractivity contribution < 1.29 is 26.0 Å². The summed E-state index contributed by atoms with van der Waals surface area (Å²) in [7, 11) is -4.47. The number of fused-ring (bicyclic) bond motifs is 1. The van der Waals surface area contributed by atoms with Crippen molar-refractivity contribution in [3.8, 4) is 0 Å². The Morgan fingerprint density at radius 3 is 2.57 bits per heavy atom. The lowest BCUT2D eigenvalue weighted by atomic mass is 9.97. The normalized spacial score (nSPS) is 16.2. The van der Waals surface area contributed by atoms with E-state index in [1.165, 1.54) is 12.1 Å². The lowest BCUT2D eigenvalue weighted by molar-refractivity contribution is -0.137. The van der Waals surface area contributed by atoms with Crippen molar-refractivity contribution in [3.05, 3.63) is 104 Å². The number of allylic oxidation sites excluding steroid dienone is 1. The topological polar surface area (TPSA) is 86.1 Å². The summed E-state index contributed by atoms with van der Waals surface area (Å²) in [5.74, 6) is -0.523. The summed E-state index contributed by atoms with van der Waals surface area (Å²) in [4.78, 5) is 2.22. The molecule has 0 N–H and O–H groups in total. The smallest absolute Gasteiger partial charge is 0.266 e. The predicted octanol–water partition coefficient (Wildman–Crippen LogP) is 7.49. The van der Waals surface area contributed by atoms with E-state index in [2.05, 4.69) is 10.0 Å². The fourth-order valence-corrected chi connectivity index (χ4v) is 6.11. The zero-order valence-electron chi connectivity index (χ0n) is 19.2. The molecular weight excluding hydrogens is 532 g/mol. The van der Waals surface area contributed by atoms with Gasteiger partial charge < -0.3 is 0 Å². The number of rotatable bonds is 5. The molecule has 1 aliphatic heterocycles. The van der Waals surface area contributed by atoms with E-state index in [0.717, 1.165) is 22.5 Å². The van der Waals surface area contributed by atoms with Gasteiger partial charge in [0.05, 0.1) is 27.2 Å². The lowest BCUT2D eigenvalue weighted by Gasteiger charge is -2.34. The summed E-state index contributed by atoms with van der Waals surface area (Å²) in [5.41, 5.74) is 9.75. The molecule has 0 radical (unpaired) electrons. The first-order valence-electron chi connectivity index (χ1n) is 10.9. The summed E-state index contributed by atoms with van der Waals surface area (Å²) >= 11 is 6.16. The number of anilines is 1. The fraction of sp³-hybridized carbons (Fsp3) is 0.200. The van der Waals surface area contributed by atoms with Gasteiger partial charge in [0.15, 0.2) is 0 Å². The van der Waals surface area contributed by atoms with Gasteiger partial charge in [0.25, 0.3) is 10.0 Å². The van der Waals surface area contributed by atoms with Crippen molar-refractivity contribution >= 4 is 39.0 Å². The molecule has 3 aromatic carbocycles. The molecule has 3 aromatic rings. The van der Waals surface area contributed by atoms with Crippen LogP contribution in [0.2, 0.25) is 5.02 Å². The van der Waals surface area contributed by atoms with Gasteiger partial charge in [-0.1, -0.05) is 47.1 Å². The minimum absolute atomic E-state index is 0.193. The van der Waals surface area contributed by atoms with Crippen molar-refractivity contribution in [1.82, 2.24) is 0 Å². The van der Waals surface area contributed by atoms with Crippen molar-refractivity contribution in [2.24, 2.45) is 5.11 Å². The molecule has 37 heavy (non-hydrogen) atoms. The molecule has 0 fully saturated rings. The SMILES string of the molecule is CC(=Cc1ccc2c(c1)N(S(=O)(=O)c1cccc(C(F)(F)F)c1)CC(N=[N+]=[N-])C2)c1c(F)cccc1Cl. The van der Waals surface area contributed by atoms with Crippen molar-refractivity contribution in [3.63, 3.8) is 0 Å². The number of nitrogens with zero attached hydrogens (tertiary/aromatic N) is 4. The molecule has 0 amide bonds. The van der Waals surface area contributed by atoms with E-state index in [1.807, 2.05) is 0 Å². The zero-order valence-corrected chi connectivity index (χ0v) is 20.8. The van der Waals surface area contributed by atoms with Gasteiger partial charge in [0.2, 0.25) is 0 Å². The van der Waals surface area contributed by atoms with E-state index in [9.17, 15) is 26.0 Å². The highest BCUT2D eigenvalue weighted by atomic mass is 35.5. The van der Waals surface area contributed by atoms with Crippen LogP contribution in [-0.4, -0.2) is 21.0 Å². The summed E-state index contributed by atoms with van der Waals surface area (Å²) in [6.45, 7) is 1.39. The molecule has 0 bridgehead atoms. The standard InChI is InChI=1S/C25H19ClF4N4O2S/c1-15(24-21(26)6-3-7-22(24)27)10-16-8-9-17-12-19(32-33-31)14-34(23(17)11-16)37(35,36)20-5-2-4-18(13-20)25(28,29)30/h2-11,13,19H,12,14H2,1H3. The number of azide groups is 1. The van der Waals surface area contributed by atoms with Crippen LogP contribution in [0.3, 0.4) is 0 Å². The molecule has 0 spiro atoms. The quantitative estimate of drug-likeness (QED) is 0.108. The summed E-state index contributed by atoms with van der Waals surface area (Å²) in [5, 5.41) is 3.86. The number of hydrogen-bond donors (Lipinski definition) is 0. The van der Waals surface area contributed by atoms with Crippen LogP contribution in [0.15, 0.2) is 70.7 Å². The Hall–Kier alpha value is -3.53. The Balaban J connectivity index is 1.83. The van der Waals surface area contributed by atoms with Gasteiger partial charge in [-0.05, 0) is 72.0 Å². The second kappa shape index (κ2) is 10.1. The molecule has 1 heterocycles. The van der Waals surface area contributed by atoms with Gasteiger partial charge in [0.1, 0.15) is 5.82 Å². The Labute approximate surface area is 215 Å². The molecule has 0 aromatic heterocycles. The fourth-order valence-electron chi connectivity index (χ4n) is 4.22. The predicted molar refractivity (Wildman–Crippen MR) is 134 cm³/mol. The van der Waals surface area contributed by atoms with Crippen LogP contribution >= 0.6 is 11.6 Å². The van der Waals surface area contributed by atoms with E-state index >= 15 is 0 Å². The molecule has 4 rings (SSSR count). The third-order valence-corrected chi connectivity index (χ3v) is 8.01. The van der Waals surface area contributed by atoms with Crippen LogP contribution in [0, 0.1) is 5.82 Å². The van der Waals surface area contributed by atoms with E-state index < -0.39 is 38.5 Å². The minimum Gasteiger partial charge on any atom is -0.266 e. The zero-order chi connectivity index (χ0) is 27.0. The van der Waals surface area contributed by atoms with E-state index in [4.69, 9.17) is 17.1 Å². The van der Waals surface area contributed by atoms with Gasteiger partial charge in [-0.3, -0.25) is 4.31 Å². The van der Waals surface area contributed by atoms with Gasteiger partial charge in [-0.25, -0.2) is 12.8 Å². The maximum absolute atomic E-state index is 14.4. The maximum atomic E-state index is 14.4. The van der Waals surface area contributed by atoms with Crippen molar-refractivity contribution in [1.29, 1.82) is 0 Å². The monoisotopic (exact) mass is 550 g/mol. The first-order chi connectivity index (χ1) is 17.4. The molecule has 1 atom stereocenters. The van der Waals surface area contributed by atoms with Crippen LogP contribution < -0.4 is 4.31 Å². The van der Waals surface area contributed by atoms with Gasteiger partial charge in [0, 0.05) is 17.0 Å². The highest BCUT2D eigenvalue weighted by Crippen LogP contribution is 2.37. The first kappa shape index (κ1) is 26.5. The number of halogens is 5. The van der Waals surface area contributed by atoms with Crippen molar-refractivity contribution in [2.45, 2.75) is 30.5 Å². The molecule has 0 saturated carbocycles.